The van der Waals surface area contributed by atoms with Gasteiger partial charge in [-0.15, -0.1) is 0 Å². The molecule has 8 N–H and O–H groups in total. The van der Waals surface area contributed by atoms with E-state index in [1.54, 1.807) is 26.2 Å². The maximum Gasteiger partial charge on any atom is 0.306 e. The number of aliphatic carboxylic acids is 1. The fourth-order valence-electron chi connectivity index (χ4n) is 5.76. The molecule has 17 heteroatoms. The number of nitrogens with one attached hydrogen (secondary N) is 4. The highest BCUT2D eigenvalue weighted by atomic mass is 16.5. The van der Waals surface area contributed by atoms with Crippen molar-refractivity contribution in [2.24, 2.45) is 11.7 Å². The maximum absolute atomic E-state index is 13.2. The average molecular weight is 803 g/mol. The molecule has 3 atom stereocenters. The third-order valence-electron chi connectivity index (χ3n) is 9.32. The van der Waals surface area contributed by atoms with Gasteiger partial charge in [-0.2, -0.15) is 0 Å². The van der Waals surface area contributed by atoms with Crippen molar-refractivity contribution in [3.63, 3.8) is 0 Å². The van der Waals surface area contributed by atoms with E-state index in [2.05, 4.69) is 21.3 Å². The lowest BCUT2D eigenvalue weighted by Crippen LogP contribution is -2.47. The molecule has 1 aliphatic rings. The summed E-state index contributed by atoms with van der Waals surface area (Å²) in [6.07, 6.45) is 4.77. The van der Waals surface area contributed by atoms with Gasteiger partial charge in [0.25, 0.3) is 11.8 Å². The molecule has 17 nitrogen and oxygen atoms in total. The van der Waals surface area contributed by atoms with Crippen LogP contribution in [0.15, 0.2) is 30.4 Å². The lowest BCUT2D eigenvalue weighted by atomic mass is 9.96. The molecular weight excluding hydrogens is 740 g/mol. The molecule has 0 saturated carbocycles. The first-order valence-electron chi connectivity index (χ1n) is 19.4. The van der Waals surface area contributed by atoms with Crippen molar-refractivity contribution in [1.29, 1.82) is 0 Å². The van der Waals surface area contributed by atoms with E-state index in [0.717, 1.165) is 4.90 Å². The van der Waals surface area contributed by atoms with Gasteiger partial charge in [0.1, 0.15) is 11.8 Å². The number of benzene rings is 1. The van der Waals surface area contributed by atoms with E-state index >= 15 is 0 Å². The Kier molecular flexibility index (Phi) is 19.8. The predicted octanol–water partition coefficient (Wildman–Crippen LogP) is 2.29. The van der Waals surface area contributed by atoms with Crippen molar-refractivity contribution in [3.05, 3.63) is 35.9 Å². The molecule has 0 unspecified atom stereocenters. The number of amides is 6. The van der Waals surface area contributed by atoms with Crippen molar-refractivity contribution in [2.45, 2.75) is 122 Å². The van der Waals surface area contributed by atoms with Crippen LogP contribution in [-0.2, 0) is 49.5 Å². The van der Waals surface area contributed by atoms with E-state index in [1.165, 1.54) is 18.2 Å². The van der Waals surface area contributed by atoms with Gasteiger partial charge in [0.05, 0.1) is 35.8 Å². The van der Waals surface area contributed by atoms with E-state index in [0.29, 0.717) is 38.0 Å². The summed E-state index contributed by atoms with van der Waals surface area (Å²) in [4.78, 5) is 87.2. The number of nitrogens with two attached hydrogens (primary N) is 1. The summed E-state index contributed by atoms with van der Waals surface area (Å²) in [5, 5.41) is 30.5. The number of aromatic hydroxyl groups is 1. The summed E-state index contributed by atoms with van der Waals surface area (Å²) < 4.78 is 11.3. The molecule has 0 spiro atoms. The minimum absolute atomic E-state index is 0.00506. The molecule has 0 saturated heterocycles. The number of carbonyl (C=O) groups excluding carboxylic acids is 6. The van der Waals surface area contributed by atoms with Crippen LogP contribution in [0, 0.1) is 5.92 Å². The van der Waals surface area contributed by atoms with Crippen LogP contribution in [-0.4, -0.2) is 113 Å². The van der Waals surface area contributed by atoms with Gasteiger partial charge in [0.15, 0.2) is 0 Å². The van der Waals surface area contributed by atoms with Crippen molar-refractivity contribution >= 4 is 47.1 Å². The monoisotopic (exact) mass is 802 g/mol. The maximum atomic E-state index is 13.2. The van der Waals surface area contributed by atoms with Crippen LogP contribution in [0.5, 0.6) is 5.75 Å². The molecule has 318 valence electrons. The van der Waals surface area contributed by atoms with E-state index in [4.69, 9.17) is 20.3 Å². The Morgan fingerprint density at radius 1 is 0.877 bits per heavy atom. The van der Waals surface area contributed by atoms with Crippen molar-refractivity contribution in [1.82, 2.24) is 20.9 Å². The Hall–Kier alpha value is -4.87. The lowest BCUT2D eigenvalue weighted by Gasteiger charge is -2.30. The second-order valence-electron chi connectivity index (χ2n) is 15.7. The topological polar surface area (TPSA) is 256 Å². The zero-order valence-corrected chi connectivity index (χ0v) is 34.1. The van der Waals surface area contributed by atoms with E-state index in [9.17, 15) is 38.7 Å². The molecule has 6 amide bonds. The number of methoxy groups -OCH3 is 1. The van der Waals surface area contributed by atoms with Gasteiger partial charge in [-0.3, -0.25) is 38.5 Å². The molecule has 1 heterocycles. The number of hydrogen-bond acceptors (Lipinski definition) is 11. The molecule has 0 aromatic heterocycles. The third kappa shape index (κ3) is 18.8. The van der Waals surface area contributed by atoms with Crippen LogP contribution in [0.4, 0.5) is 5.69 Å². The van der Waals surface area contributed by atoms with Gasteiger partial charge in [0.2, 0.25) is 23.6 Å². The molecule has 0 bridgehead atoms. The molecule has 0 aliphatic carbocycles. The van der Waals surface area contributed by atoms with Crippen LogP contribution in [0.25, 0.3) is 0 Å². The number of imide groups is 1. The highest BCUT2D eigenvalue weighted by Crippen LogP contribution is 2.26. The number of carboxylic acid groups (broad SMARTS) is 1. The predicted molar refractivity (Wildman–Crippen MR) is 212 cm³/mol. The summed E-state index contributed by atoms with van der Waals surface area (Å²) >= 11 is 0. The average Bonchev–Trinajstić information content (AvgIpc) is 3.45. The molecular formula is C40H62N6O11. The number of unbranched alkanes of at least 4 members (excludes halogenated alkanes) is 1. The Bertz CT molecular complexity index is 1580. The van der Waals surface area contributed by atoms with Crippen LogP contribution < -0.4 is 27.0 Å². The fraction of sp³-hybridized carbons (Fsp3) is 0.625. The number of phenols is 1. The number of carboxylic acids is 1. The van der Waals surface area contributed by atoms with Crippen molar-refractivity contribution in [2.75, 3.05) is 38.7 Å². The second kappa shape index (κ2) is 23.4. The minimum atomic E-state index is -0.940. The minimum Gasteiger partial charge on any atom is -0.506 e. The quantitative estimate of drug-likeness (QED) is 0.0384. The SMILES string of the molecule is COC(C)(C)COC(C)(C)CC(=O)NCCCC[C@H](NC(=O)CCCN1C(=O)C=CC1=O)C(=O)NCCCC(=O)Nc1cc(C[C@H](N)C[C@H](C)C(=O)O)ccc1O. The molecule has 1 aromatic rings. The highest BCUT2D eigenvalue weighted by molar-refractivity contribution is 6.12. The summed E-state index contributed by atoms with van der Waals surface area (Å²) in [6, 6.07) is 3.30. The van der Waals surface area contributed by atoms with Gasteiger partial charge < -0.3 is 46.7 Å². The van der Waals surface area contributed by atoms with Gasteiger partial charge in [-0.05, 0) is 90.3 Å². The Labute approximate surface area is 334 Å². The second-order valence-corrected chi connectivity index (χ2v) is 15.7. The van der Waals surface area contributed by atoms with Crippen LogP contribution in [0.3, 0.4) is 0 Å². The first-order valence-corrected chi connectivity index (χ1v) is 19.4. The Morgan fingerprint density at radius 3 is 2.18 bits per heavy atom. The van der Waals surface area contributed by atoms with Crippen molar-refractivity contribution < 1.29 is 53.2 Å². The van der Waals surface area contributed by atoms with Gasteiger partial charge >= 0.3 is 5.97 Å². The van der Waals surface area contributed by atoms with Crippen molar-refractivity contribution in [3.8, 4) is 5.75 Å². The lowest BCUT2D eigenvalue weighted by molar-refractivity contribution is -0.141. The van der Waals surface area contributed by atoms with E-state index < -0.39 is 64.7 Å². The number of ether oxygens (including phenoxy) is 2. The summed E-state index contributed by atoms with van der Waals surface area (Å²) in [6.45, 7) is 9.83. The van der Waals surface area contributed by atoms with Gasteiger partial charge in [-0.1, -0.05) is 13.0 Å². The molecule has 2 rings (SSSR count). The summed E-state index contributed by atoms with van der Waals surface area (Å²) in [7, 11) is 1.59. The smallest absolute Gasteiger partial charge is 0.306 e. The van der Waals surface area contributed by atoms with E-state index in [1.807, 2.05) is 27.7 Å². The van der Waals surface area contributed by atoms with Crippen LogP contribution >= 0.6 is 0 Å². The number of hydrogen-bond donors (Lipinski definition) is 7. The molecule has 1 aromatic carbocycles. The zero-order chi connectivity index (χ0) is 42.8. The molecule has 57 heavy (non-hydrogen) atoms. The largest absolute Gasteiger partial charge is 0.506 e. The molecule has 0 radical (unpaired) electrons. The molecule has 1 aliphatic heterocycles. The standard InChI is InChI=1S/C40H62N6O11/c1-26(38(54)55)21-28(41)22-27-14-15-31(47)30(23-27)45-32(48)12-9-19-43-37(53)29(44-33(49)13-10-20-46-35(51)16-17-36(46)52)11-7-8-18-42-34(50)24-39(2,3)57-25-40(4,5)56-6/h14-17,23,26,28-29,47H,7-13,18-22,24-25,41H2,1-6H3,(H,42,50)(H,43,53)(H,44,49)(H,45,48)(H,54,55)/t26-,28+,29-/m0/s1. The number of phenolic OH excluding ortho intramolecular Hbond substituents is 1. The van der Waals surface area contributed by atoms with Gasteiger partial charge in [0, 0.05) is 57.8 Å². The van der Waals surface area contributed by atoms with Crippen LogP contribution in [0.2, 0.25) is 0 Å². The Morgan fingerprint density at radius 2 is 1.53 bits per heavy atom. The number of nitrogens with zero attached hydrogens (tertiary/aromatic N) is 1. The normalized spacial score (nSPS) is 14.5. The van der Waals surface area contributed by atoms with Gasteiger partial charge in [-0.25, -0.2) is 0 Å². The Balaban J connectivity index is 1.88. The molecule has 0 fully saturated rings. The first kappa shape index (κ1) is 48.3. The summed E-state index contributed by atoms with van der Waals surface area (Å²) in [5.41, 5.74) is 5.79. The highest BCUT2D eigenvalue weighted by Gasteiger charge is 2.28. The van der Waals surface area contributed by atoms with Crippen LogP contribution in [0.1, 0.15) is 98.0 Å². The van der Waals surface area contributed by atoms with E-state index in [-0.39, 0.29) is 75.4 Å². The summed E-state index contributed by atoms with van der Waals surface area (Å²) in [5.74, 6) is -4.10. The third-order valence-corrected chi connectivity index (χ3v) is 9.32. The fourth-order valence-corrected chi connectivity index (χ4v) is 5.76. The first-order chi connectivity index (χ1) is 26.7. The number of carbonyl (C=O) groups is 7. The number of rotatable bonds is 27. The number of anilines is 1. The zero-order valence-electron chi connectivity index (χ0n) is 34.1.